The molecule has 4 atom stereocenters. The molecular formula is C23H24N4O6. The summed E-state index contributed by atoms with van der Waals surface area (Å²) in [7, 11) is 1.60. The molecule has 10 heteroatoms. The van der Waals surface area contributed by atoms with Crippen molar-refractivity contribution in [3.05, 3.63) is 66.5 Å². The highest BCUT2D eigenvalue weighted by atomic mass is 16.6. The van der Waals surface area contributed by atoms with Gasteiger partial charge in [0.2, 0.25) is 0 Å². The molecule has 33 heavy (non-hydrogen) atoms. The summed E-state index contributed by atoms with van der Waals surface area (Å²) in [5.41, 5.74) is 1.32. The molecule has 0 unspecified atom stereocenters. The lowest BCUT2D eigenvalue weighted by Gasteiger charge is -2.17. The predicted octanol–water partition coefficient (Wildman–Crippen LogP) is 3.17. The zero-order chi connectivity index (χ0) is 22.6. The van der Waals surface area contributed by atoms with Gasteiger partial charge in [0.15, 0.2) is 6.10 Å². The lowest BCUT2D eigenvalue weighted by atomic mass is 10.1. The highest BCUT2D eigenvalue weighted by molar-refractivity contribution is 5.84. The Labute approximate surface area is 190 Å². The van der Waals surface area contributed by atoms with Gasteiger partial charge in [-0.3, -0.25) is 5.32 Å². The van der Waals surface area contributed by atoms with Gasteiger partial charge in [0.1, 0.15) is 35.4 Å². The fourth-order valence-electron chi connectivity index (χ4n) is 3.98. The Balaban J connectivity index is 1.14. The Bertz CT molecular complexity index is 1070. The molecule has 172 valence electrons. The molecule has 0 spiro atoms. The zero-order valence-corrected chi connectivity index (χ0v) is 18.0. The van der Waals surface area contributed by atoms with Crippen molar-refractivity contribution < 1.29 is 28.5 Å². The third-order valence-corrected chi connectivity index (χ3v) is 5.51. The number of aromatic nitrogens is 3. The fraction of sp³-hybridized carbons (Fsp3) is 0.348. The number of carbonyl (C=O) groups is 1. The van der Waals surface area contributed by atoms with Crippen molar-refractivity contribution in [1.82, 2.24) is 15.0 Å². The third kappa shape index (κ3) is 4.82. The van der Waals surface area contributed by atoms with Crippen LogP contribution < -0.4 is 10.1 Å². The SMILES string of the molecule is COCc1cn([C@@H]2CO[C@@H]3[C@@H]2OC[C@H]3OC(=O)Nc2ccc(Oc3ccccc3)cc2)nn1. The number of amides is 1. The quantitative estimate of drug-likeness (QED) is 0.583. The van der Waals surface area contributed by atoms with Gasteiger partial charge in [0.25, 0.3) is 0 Å². The first-order valence-electron chi connectivity index (χ1n) is 10.6. The minimum atomic E-state index is -0.573. The van der Waals surface area contributed by atoms with E-state index >= 15 is 0 Å². The van der Waals surface area contributed by atoms with Gasteiger partial charge in [-0.1, -0.05) is 23.4 Å². The van der Waals surface area contributed by atoms with Crippen LogP contribution in [0.25, 0.3) is 0 Å². The van der Waals surface area contributed by atoms with E-state index in [9.17, 15) is 4.79 Å². The lowest BCUT2D eigenvalue weighted by Crippen LogP contribution is -2.34. The lowest BCUT2D eigenvalue weighted by molar-refractivity contribution is 0.00770. The molecule has 1 N–H and O–H groups in total. The fourth-order valence-corrected chi connectivity index (χ4v) is 3.98. The van der Waals surface area contributed by atoms with E-state index in [-0.39, 0.29) is 24.9 Å². The van der Waals surface area contributed by atoms with E-state index in [0.717, 1.165) is 11.4 Å². The minimum Gasteiger partial charge on any atom is -0.457 e. The number of hydrogen-bond donors (Lipinski definition) is 1. The number of methoxy groups -OCH3 is 1. The third-order valence-electron chi connectivity index (χ3n) is 5.51. The van der Waals surface area contributed by atoms with E-state index in [1.54, 1.807) is 36.1 Å². The maximum Gasteiger partial charge on any atom is 0.412 e. The van der Waals surface area contributed by atoms with Crippen LogP contribution in [-0.4, -0.2) is 59.7 Å². The number of nitrogens with zero attached hydrogens (tertiary/aromatic N) is 3. The van der Waals surface area contributed by atoms with E-state index in [4.69, 9.17) is 23.7 Å². The number of rotatable bonds is 7. The highest BCUT2D eigenvalue weighted by Gasteiger charge is 2.50. The number of benzene rings is 2. The van der Waals surface area contributed by atoms with Crippen LogP contribution in [0, 0.1) is 0 Å². The first-order chi connectivity index (χ1) is 16.2. The van der Waals surface area contributed by atoms with Gasteiger partial charge >= 0.3 is 6.09 Å². The van der Waals surface area contributed by atoms with E-state index < -0.39 is 12.2 Å². The molecular weight excluding hydrogens is 428 g/mol. The Morgan fingerprint density at radius 2 is 1.82 bits per heavy atom. The van der Waals surface area contributed by atoms with Gasteiger partial charge in [-0.2, -0.15) is 0 Å². The second kappa shape index (κ2) is 9.57. The first-order valence-corrected chi connectivity index (χ1v) is 10.6. The predicted molar refractivity (Wildman–Crippen MR) is 116 cm³/mol. The number of ether oxygens (including phenoxy) is 5. The summed E-state index contributed by atoms with van der Waals surface area (Å²) in [5.74, 6) is 1.41. The molecule has 0 saturated carbocycles. The summed E-state index contributed by atoms with van der Waals surface area (Å²) >= 11 is 0. The van der Waals surface area contributed by atoms with Gasteiger partial charge in [-0.15, -0.1) is 5.10 Å². The average molecular weight is 452 g/mol. The van der Waals surface area contributed by atoms with Crippen LogP contribution in [0.4, 0.5) is 10.5 Å². The van der Waals surface area contributed by atoms with Crippen LogP contribution in [0.15, 0.2) is 60.8 Å². The van der Waals surface area contributed by atoms with Crippen LogP contribution in [0.1, 0.15) is 11.7 Å². The highest BCUT2D eigenvalue weighted by Crippen LogP contribution is 2.35. The molecule has 0 radical (unpaired) electrons. The van der Waals surface area contributed by atoms with Crippen LogP contribution in [0.3, 0.4) is 0 Å². The number of nitrogens with one attached hydrogen (secondary N) is 1. The number of fused-ring (bicyclic) bond motifs is 1. The smallest absolute Gasteiger partial charge is 0.412 e. The van der Waals surface area contributed by atoms with E-state index in [0.29, 0.717) is 24.7 Å². The number of carbonyl (C=O) groups excluding carboxylic acids is 1. The van der Waals surface area contributed by atoms with E-state index in [2.05, 4.69) is 15.6 Å². The molecule has 2 aromatic carbocycles. The normalized spacial score (nSPS) is 23.8. The van der Waals surface area contributed by atoms with Crippen molar-refractivity contribution in [1.29, 1.82) is 0 Å². The van der Waals surface area contributed by atoms with Crippen molar-refractivity contribution >= 4 is 11.8 Å². The molecule has 0 bridgehead atoms. The average Bonchev–Trinajstić information content (AvgIpc) is 3.54. The second-order valence-corrected chi connectivity index (χ2v) is 7.79. The zero-order valence-electron chi connectivity index (χ0n) is 18.0. The van der Waals surface area contributed by atoms with E-state index in [1.807, 2.05) is 36.5 Å². The molecule has 0 aliphatic carbocycles. The largest absolute Gasteiger partial charge is 0.457 e. The molecule has 2 fully saturated rings. The van der Waals surface area contributed by atoms with Crippen molar-refractivity contribution in [2.45, 2.75) is 31.0 Å². The summed E-state index contributed by atoms with van der Waals surface area (Å²) in [6, 6.07) is 16.4. The maximum atomic E-state index is 12.4. The van der Waals surface area contributed by atoms with Crippen LogP contribution >= 0.6 is 0 Å². The van der Waals surface area contributed by atoms with Crippen molar-refractivity contribution in [2.75, 3.05) is 25.6 Å². The van der Waals surface area contributed by atoms with Gasteiger partial charge in [-0.25, -0.2) is 9.48 Å². The number of anilines is 1. The molecule has 3 heterocycles. The van der Waals surface area contributed by atoms with E-state index in [1.165, 1.54) is 0 Å². The monoisotopic (exact) mass is 452 g/mol. The van der Waals surface area contributed by atoms with Crippen LogP contribution in [-0.2, 0) is 25.6 Å². The molecule has 5 rings (SSSR count). The summed E-state index contributed by atoms with van der Waals surface area (Å²) in [6.07, 6.45) is 0.0978. The second-order valence-electron chi connectivity index (χ2n) is 7.79. The molecule has 2 saturated heterocycles. The topological polar surface area (TPSA) is 106 Å². The summed E-state index contributed by atoms with van der Waals surface area (Å²) in [6.45, 7) is 1.03. The van der Waals surface area contributed by atoms with Gasteiger partial charge in [-0.05, 0) is 36.4 Å². The van der Waals surface area contributed by atoms with Gasteiger partial charge in [0, 0.05) is 12.8 Å². The molecule has 2 aliphatic rings. The summed E-state index contributed by atoms with van der Waals surface area (Å²) in [4.78, 5) is 12.4. The first kappa shape index (κ1) is 21.4. The Morgan fingerprint density at radius 1 is 1.06 bits per heavy atom. The van der Waals surface area contributed by atoms with Gasteiger partial charge in [0.05, 0.1) is 26.0 Å². The molecule has 10 nitrogen and oxygen atoms in total. The Hall–Kier alpha value is -3.47. The summed E-state index contributed by atoms with van der Waals surface area (Å²) in [5, 5.41) is 11.0. The molecule has 1 aromatic heterocycles. The van der Waals surface area contributed by atoms with Crippen LogP contribution in [0.2, 0.25) is 0 Å². The standard InChI is InChI=1S/C23H24N4O6/c1-29-12-16-11-27(26-25-16)19-13-30-22-20(14-31-21(19)22)33-23(28)24-15-7-9-18(10-8-15)32-17-5-3-2-4-6-17/h2-11,19-22H,12-14H2,1H3,(H,24,28)/t19-,20-,21-,22+/m1/s1. The minimum absolute atomic E-state index is 0.137. The maximum absolute atomic E-state index is 12.4. The summed E-state index contributed by atoms with van der Waals surface area (Å²) < 4.78 is 29.9. The van der Waals surface area contributed by atoms with Gasteiger partial charge < -0.3 is 23.7 Å². The molecule has 3 aromatic rings. The molecule has 1 amide bonds. The Morgan fingerprint density at radius 3 is 2.61 bits per heavy atom. The van der Waals surface area contributed by atoms with Crippen LogP contribution in [0.5, 0.6) is 11.5 Å². The Kier molecular flexibility index (Phi) is 6.20. The molecule has 2 aliphatic heterocycles. The number of hydrogen-bond acceptors (Lipinski definition) is 8. The van der Waals surface area contributed by atoms with Crippen molar-refractivity contribution in [3.8, 4) is 11.5 Å². The number of para-hydroxylation sites is 1. The van der Waals surface area contributed by atoms with Crippen molar-refractivity contribution in [2.24, 2.45) is 0 Å². The van der Waals surface area contributed by atoms with Crippen molar-refractivity contribution in [3.63, 3.8) is 0 Å².